The van der Waals surface area contributed by atoms with E-state index in [9.17, 15) is 9.59 Å². The zero-order valence-corrected chi connectivity index (χ0v) is 14.6. The third-order valence-corrected chi connectivity index (χ3v) is 4.37. The molecular formula is C18H22N4O4. The number of carbonyl (C=O) groups is 2. The number of hydrogen-bond donors (Lipinski definition) is 3. The van der Waals surface area contributed by atoms with E-state index in [-0.39, 0.29) is 17.5 Å². The van der Waals surface area contributed by atoms with E-state index < -0.39 is 5.97 Å². The second-order valence-electron chi connectivity index (χ2n) is 6.30. The standard InChI is InChI=1S/C18H22N4O4/c1-22-16(9-15(21-22)14-3-2-8-26-11-14)20-18(25)19-10-12-4-6-13(7-5-12)17(23)24/h4-7,9,14H,2-3,8,10-11H2,1H3,(H,23,24)(H2,19,20,25). The number of carboxylic acids is 1. The minimum atomic E-state index is -0.974. The van der Waals surface area contributed by atoms with Crippen LogP contribution in [0.15, 0.2) is 30.3 Å². The zero-order chi connectivity index (χ0) is 18.5. The molecule has 1 aliphatic heterocycles. The molecule has 0 aliphatic carbocycles. The minimum absolute atomic E-state index is 0.215. The van der Waals surface area contributed by atoms with Crippen molar-refractivity contribution in [3.05, 3.63) is 47.2 Å². The lowest BCUT2D eigenvalue weighted by Crippen LogP contribution is -2.29. The van der Waals surface area contributed by atoms with Gasteiger partial charge in [-0.2, -0.15) is 5.10 Å². The largest absolute Gasteiger partial charge is 0.478 e. The summed E-state index contributed by atoms with van der Waals surface area (Å²) in [6.45, 7) is 1.76. The Morgan fingerprint density at radius 1 is 1.35 bits per heavy atom. The number of aromatic nitrogens is 2. The van der Waals surface area contributed by atoms with Gasteiger partial charge in [0.05, 0.1) is 17.9 Å². The SMILES string of the molecule is Cn1nc(C2CCCOC2)cc1NC(=O)NCc1ccc(C(=O)O)cc1. The van der Waals surface area contributed by atoms with Crippen LogP contribution in [0.1, 0.15) is 40.4 Å². The Hall–Kier alpha value is -2.87. The Labute approximate surface area is 151 Å². The molecule has 3 N–H and O–H groups in total. The lowest BCUT2D eigenvalue weighted by molar-refractivity contribution is 0.0696. The number of nitrogens with one attached hydrogen (secondary N) is 2. The smallest absolute Gasteiger partial charge is 0.335 e. The number of aryl methyl sites for hydroxylation is 1. The number of urea groups is 1. The summed E-state index contributed by atoms with van der Waals surface area (Å²) < 4.78 is 7.14. The Kier molecular flexibility index (Phi) is 5.52. The van der Waals surface area contributed by atoms with E-state index in [1.54, 1.807) is 23.9 Å². The second-order valence-corrected chi connectivity index (χ2v) is 6.30. The van der Waals surface area contributed by atoms with E-state index in [1.165, 1.54) is 12.1 Å². The first-order valence-electron chi connectivity index (χ1n) is 8.51. The highest BCUT2D eigenvalue weighted by molar-refractivity contribution is 5.88. The zero-order valence-electron chi connectivity index (χ0n) is 14.6. The monoisotopic (exact) mass is 358 g/mol. The fourth-order valence-electron chi connectivity index (χ4n) is 2.89. The third-order valence-electron chi connectivity index (χ3n) is 4.37. The predicted octanol–water partition coefficient (Wildman–Crippen LogP) is 2.33. The van der Waals surface area contributed by atoms with Gasteiger partial charge in [-0.05, 0) is 30.5 Å². The van der Waals surface area contributed by atoms with Gasteiger partial charge in [-0.1, -0.05) is 12.1 Å². The van der Waals surface area contributed by atoms with Gasteiger partial charge in [0.2, 0.25) is 0 Å². The molecule has 0 radical (unpaired) electrons. The maximum Gasteiger partial charge on any atom is 0.335 e. The number of benzene rings is 1. The summed E-state index contributed by atoms with van der Waals surface area (Å²) in [7, 11) is 1.79. The van der Waals surface area contributed by atoms with Crippen molar-refractivity contribution in [2.24, 2.45) is 7.05 Å². The first kappa shape index (κ1) is 17.9. The van der Waals surface area contributed by atoms with Crippen molar-refractivity contribution in [2.45, 2.75) is 25.3 Å². The van der Waals surface area contributed by atoms with E-state index in [2.05, 4.69) is 15.7 Å². The van der Waals surface area contributed by atoms with Gasteiger partial charge in [0, 0.05) is 32.2 Å². The summed E-state index contributed by atoms with van der Waals surface area (Å²) in [6, 6.07) is 7.90. The van der Waals surface area contributed by atoms with Crippen LogP contribution in [0.3, 0.4) is 0 Å². The summed E-state index contributed by atoms with van der Waals surface area (Å²) in [5, 5.41) is 18.9. The van der Waals surface area contributed by atoms with Crippen LogP contribution in [-0.4, -0.2) is 40.1 Å². The van der Waals surface area contributed by atoms with Crippen LogP contribution >= 0.6 is 0 Å². The molecule has 8 heteroatoms. The van der Waals surface area contributed by atoms with Gasteiger partial charge in [0.15, 0.2) is 0 Å². The lowest BCUT2D eigenvalue weighted by atomic mass is 9.99. The maximum absolute atomic E-state index is 12.1. The average Bonchev–Trinajstić information content (AvgIpc) is 3.01. The molecule has 0 bridgehead atoms. The summed E-state index contributed by atoms with van der Waals surface area (Å²) in [5.74, 6) is -0.0942. The molecule has 2 amide bonds. The number of carboxylic acid groups (broad SMARTS) is 1. The van der Waals surface area contributed by atoms with E-state index in [4.69, 9.17) is 9.84 Å². The van der Waals surface area contributed by atoms with Gasteiger partial charge in [-0.25, -0.2) is 9.59 Å². The molecule has 1 aromatic carbocycles. The first-order chi connectivity index (χ1) is 12.5. The Balaban J connectivity index is 1.54. The first-order valence-corrected chi connectivity index (χ1v) is 8.51. The molecule has 26 heavy (non-hydrogen) atoms. The Morgan fingerprint density at radius 3 is 2.77 bits per heavy atom. The molecule has 3 rings (SSSR count). The quantitative estimate of drug-likeness (QED) is 0.761. The van der Waals surface area contributed by atoms with Crippen LogP contribution < -0.4 is 10.6 Å². The molecule has 8 nitrogen and oxygen atoms in total. The fourth-order valence-corrected chi connectivity index (χ4v) is 2.89. The fraction of sp³-hybridized carbons (Fsp3) is 0.389. The number of nitrogens with zero attached hydrogens (tertiary/aromatic N) is 2. The van der Waals surface area contributed by atoms with Crippen molar-refractivity contribution in [1.82, 2.24) is 15.1 Å². The van der Waals surface area contributed by atoms with Crippen LogP contribution in [0.4, 0.5) is 10.6 Å². The number of hydrogen-bond acceptors (Lipinski definition) is 4. The number of rotatable bonds is 5. The summed E-state index contributed by atoms with van der Waals surface area (Å²) in [6.07, 6.45) is 2.06. The van der Waals surface area contributed by atoms with E-state index in [0.29, 0.717) is 19.0 Å². The van der Waals surface area contributed by atoms with Crippen LogP contribution in [0.5, 0.6) is 0 Å². The summed E-state index contributed by atoms with van der Waals surface area (Å²) in [4.78, 5) is 23.0. The maximum atomic E-state index is 12.1. The van der Waals surface area contributed by atoms with Crippen molar-refractivity contribution < 1.29 is 19.4 Å². The molecule has 1 aliphatic rings. The van der Waals surface area contributed by atoms with E-state index in [0.717, 1.165) is 30.7 Å². The molecule has 1 aromatic heterocycles. The molecule has 2 heterocycles. The highest BCUT2D eigenvalue weighted by Gasteiger charge is 2.20. The summed E-state index contributed by atoms with van der Waals surface area (Å²) in [5.41, 5.74) is 1.95. The molecule has 0 saturated carbocycles. The van der Waals surface area contributed by atoms with Crippen LogP contribution in [0.2, 0.25) is 0 Å². The minimum Gasteiger partial charge on any atom is -0.478 e. The number of carbonyl (C=O) groups excluding carboxylic acids is 1. The van der Waals surface area contributed by atoms with Gasteiger partial charge < -0.3 is 15.2 Å². The van der Waals surface area contributed by atoms with Crippen molar-refractivity contribution in [3.63, 3.8) is 0 Å². The number of amides is 2. The van der Waals surface area contributed by atoms with Crippen molar-refractivity contribution in [3.8, 4) is 0 Å². The van der Waals surface area contributed by atoms with Gasteiger partial charge >= 0.3 is 12.0 Å². The van der Waals surface area contributed by atoms with Crippen molar-refractivity contribution in [1.29, 1.82) is 0 Å². The van der Waals surface area contributed by atoms with Crippen LogP contribution in [0.25, 0.3) is 0 Å². The molecule has 2 aromatic rings. The highest BCUT2D eigenvalue weighted by atomic mass is 16.5. The molecule has 0 spiro atoms. The van der Waals surface area contributed by atoms with Gasteiger partial charge in [0.1, 0.15) is 5.82 Å². The van der Waals surface area contributed by atoms with Crippen LogP contribution in [-0.2, 0) is 18.3 Å². The van der Waals surface area contributed by atoms with E-state index >= 15 is 0 Å². The Morgan fingerprint density at radius 2 is 2.12 bits per heavy atom. The van der Waals surface area contributed by atoms with E-state index in [1.807, 2.05) is 6.07 Å². The average molecular weight is 358 g/mol. The van der Waals surface area contributed by atoms with Crippen LogP contribution in [0, 0.1) is 0 Å². The highest BCUT2D eigenvalue weighted by Crippen LogP contribution is 2.26. The molecular weight excluding hydrogens is 336 g/mol. The molecule has 138 valence electrons. The lowest BCUT2D eigenvalue weighted by Gasteiger charge is -2.19. The summed E-state index contributed by atoms with van der Waals surface area (Å²) >= 11 is 0. The van der Waals surface area contributed by atoms with Gasteiger partial charge in [-0.3, -0.25) is 10.00 Å². The molecule has 1 fully saturated rings. The third kappa shape index (κ3) is 4.40. The Bertz CT molecular complexity index is 779. The predicted molar refractivity (Wildman–Crippen MR) is 95.3 cm³/mol. The molecule has 1 saturated heterocycles. The second kappa shape index (κ2) is 8.01. The topological polar surface area (TPSA) is 105 Å². The number of anilines is 1. The number of aromatic carboxylic acids is 1. The van der Waals surface area contributed by atoms with Gasteiger partial charge in [-0.15, -0.1) is 0 Å². The van der Waals surface area contributed by atoms with Gasteiger partial charge in [0.25, 0.3) is 0 Å². The molecule has 1 unspecified atom stereocenters. The van der Waals surface area contributed by atoms with Crippen molar-refractivity contribution >= 4 is 17.8 Å². The number of ether oxygens (including phenoxy) is 1. The normalized spacial score (nSPS) is 16.9. The van der Waals surface area contributed by atoms with Crippen molar-refractivity contribution in [2.75, 3.05) is 18.5 Å². The molecule has 1 atom stereocenters.